The Hall–Kier alpha value is -6.29. The van der Waals surface area contributed by atoms with Gasteiger partial charge < -0.3 is 4.90 Å². The van der Waals surface area contributed by atoms with E-state index < -0.39 is 0 Å². The zero-order chi connectivity index (χ0) is 33.3. The number of rotatable bonds is 7. The van der Waals surface area contributed by atoms with Crippen molar-refractivity contribution in [3.8, 4) is 44.0 Å². The molecule has 0 bridgehead atoms. The molecule has 0 spiro atoms. The van der Waals surface area contributed by atoms with E-state index in [9.17, 15) is 0 Å². The van der Waals surface area contributed by atoms with Gasteiger partial charge >= 0.3 is 0 Å². The fraction of sp³-hybridized carbons (Fsp3) is 0. The van der Waals surface area contributed by atoms with Gasteiger partial charge in [-0.3, -0.25) is 0 Å². The molecule has 0 unspecified atom stereocenters. The van der Waals surface area contributed by atoms with E-state index >= 15 is 0 Å². The predicted molar refractivity (Wildman–Crippen MR) is 214 cm³/mol. The summed E-state index contributed by atoms with van der Waals surface area (Å²) in [6.07, 6.45) is 0. The molecule has 0 aliphatic heterocycles. The second-order valence-corrected chi connectivity index (χ2v) is 13.4. The summed E-state index contributed by atoms with van der Waals surface area (Å²) in [6.45, 7) is 0. The molecule has 0 aliphatic carbocycles. The summed E-state index contributed by atoms with van der Waals surface area (Å²) in [5.41, 5.74) is 12.6. The first-order valence-corrected chi connectivity index (χ1v) is 17.7. The smallest absolute Gasteiger partial charge is 0.124 e. The van der Waals surface area contributed by atoms with Gasteiger partial charge in [-0.05, 0) is 69.4 Å². The maximum absolute atomic E-state index is 5.23. The number of benzene rings is 8. The number of aromatic nitrogens is 1. The summed E-state index contributed by atoms with van der Waals surface area (Å²) in [5, 5.41) is 3.55. The molecule has 9 aromatic rings. The first-order valence-electron chi connectivity index (χ1n) is 16.9. The molecule has 0 aliphatic rings. The first kappa shape index (κ1) is 29.8. The van der Waals surface area contributed by atoms with Crippen LogP contribution in [0.5, 0.6) is 0 Å². The Morgan fingerprint density at radius 3 is 1.54 bits per heavy atom. The van der Waals surface area contributed by atoms with Gasteiger partial charge in [0.05, 0.1) is 10.2 Å². The lowest BCUT2D eigenvalue weighted by molar-refractivity contribution is 1.28. The van der Waals surface area contributed by atoms with Crippen LogP contribution in [0.1, 0.15) is 0 Å². The molecule has 0 saturated carbocycles. The lowest BCUT2D eigenvalue weighted by Crippen LogP contribution is -2.09. The van der Waals surface area contributed by atoms with Crippen molar-refractivity contribution >= 4 is 49.4 Å². The monoisotopic (exact) mass is 656 g/mol. The van der Waals surface area contributed by atoms with Gasteiger partial charge in [0.25, 0.3) is 0 Å². The number of fused-ring (bicyclic) bond motifs is 2. The SMILES string of the molecule is c1ccc(-c2nc3c(-c4ccccc4)ccc(-c4ccc(N(c5ccccc5)c5ccc(-c6cccc7ccccc67)cc5)cc4)c3s2)cc1. The Morgan fingerprint density at radius 1 is 0.360 bits per heavy atom. The van der Waals surface area contributed by atoms with Crippen molar-refractivity contribution in [3.63, 3.8) is 0 Å². The van der Waals surface area contributed by atoms with E-state index in [1.807, 2.05) is 0 Å². The number of anilines is 3. The fourth-order valence-corrected chi connectivity index (χ4v) is 8.00. The Balaban J connectivity index is 1.11. The van der Waals surface area contributed by atoms with Crippen LogP contribution in [-0.4, -0.2) is 4.98 Å². The minimum absolute atomic E-state index is 1.03. The third kappa shape index (κ3) is 5.54. The highest BCUT2D eigenvalue weighted by Gasteiger charge is 2.18. The van der Waals surface area contributed by atoms with Crippen LogP contribution < -0.4 is 4.90 Å². The van der Waals surface area contributed by atoms with Crippen molar-refractivity contribution < 1.29 is 0 Å². The van der Waals surface area contributed by atoms with Crippen LogP contribution in [0.15, 0.2) is 194 Å². The van der Waals surface area contributed by atoms with E-state index in [1.54, 1.807) is 11.3 Å². The molecule has 236 valence electrons. The molecule has 1 heterocycles. The van der Waals surface area contributed by atoms with Crippen LogP contribution in [-0.2, 0) is 0 Å². The van der Waals surface area contributed by atoms with E-state index in [1.165, 1.54) is 43.3 Å². The molecule has 0 saturated heterocycles. The van der Waals surface area contributed by atoms with E-state index in [2.05, 4.69) is 199 Å². The summed E-state index contributed by atoms with van der Waals surface area (Å²) in [5.74, 6) is 0. The lowest BCUT2D eigenvalue weighted by atomic mass is 9.98. The molecular formula is C47H32N2S. The number of hydrogen-bond acceptors (Lipinski definition) is 3. The molecule has 8 aromatic carbocycles. The van der Waals surface area contributed by atoms with Crippen LogP contribution in [0, 0.1) is 0 Å². The van der Waals surface area contributed by atoms with Gasteiger partial charge in [0.1, 0.15) is 5.01 Å². The van der Waals surface area contributed by atoms with E-state index in [0.717, 1.165) is 38.7 Å². The van der Waals surface area contributed by atoms with Crippen molar-refractivity contribution in [1.29, 1.82) is 0 Å². The standard InChI is InChI=1S/C47H32N2S/c1-4-13-34(14-5-1)43-31-32-44(46-45(43)48-47(50-46)37-16-6-2-7-17-37)36-25-29-40(30-26-36)49(38-19-8-3-9-20-38)39-27-23-35(24-28-39)42-22-12-18-33-15-10-11-21-41(33)42/h1-32H. The Kier molecular flexibility index (Phi) is 7.73. The maximum atomic E-state index is 5.23. The molecule has 50 heavy (non-hydrogen) atoms. The number of thiazole rings is 1. The largest absolute Gasteiger partial charge is 0.311 e. The maximum Gasteiger partial charge on any atom is 0.124 e. The molecule has 0 N–H and O–H groups in total. The Bertz CT molecular complexity index is 2550. The minimum atomic E-state index is 1.03. The summed E-state index contributed by atoms with van der Waals surface area (Å²) >= 11 is 1.76. The fourth-order valence-electron chi connectivity index (χ4n) is 6.87. The summed E-state index contributed by atoms with van der Waals surface area (Å²) in [7, 11) is 0. The van der Waals surface area contributed by atoms with Crippen LogP contribution in [0.3, 0.4) is 0 Å². The first-order chi connectivity index (χ1) is 24.8. The van der Waals surface area contributed by atoms with E-state index in [4.69, 9.17) is 4.98 Å². The average Bonchev–Trinajstić information content (AvgIpc) is 3.65. The van der Waals surface area contributed by atoms with Gasteiger partial charge in [0.2, 0.25) is 0 Å². The molecular weight excluding hydrogens is 625 g/mol. The summed E-state index contributed by atoms with van der Waals surface area (Å²) in [4.78, 5) is 7.55. The molecule has 0 amide bonds. The number of nitrogens with zero attached hydrogens (tertiary/aromatic N) is 2. The number of hydrogen-bond donors (Lipinski definition) is 0. The van der Waals surface area contributed by atoms with Crippen LogP contribution >= 0.6 is 11.3 Å². The zero-order valence-corrected chi connectivity index (χ0v) is 28.1. The van der Waals surface area contributed by atoms with Crippen LogP contribution in [0.4, 0.5) is 17.1 Å². The average molecular weight is 657 g/mol. The normalized spacial score (nSPS) is 11.2. The van der Waals surface area contributed by atoms with Crippen molar-refractivity contribution in [3.05, 3.63) is 194 Å². The Morgan fingerprint density at radius 2 is 0.860 bits per heavy atom. The van der Waals surface area contributed by atoms with Gasteiger partial charge in [-0.15, -0.1) is 11.3 Å². The highest BCUT2D eigenvalue weighted by Crippen LogP contribution is 2.43. The number of para-hydroxylation sites is 1. The van der Waals surface area contributed by atoms with Crippen molar-refractivity contribution in [2.24, 2.45) is 0 Å². The predicted octanol–water partition coefficient (Wildman–Crippen LogP) is 13.6. The Labute approximate surface area is 296 Å². The van der Waals surface area contributed by atoms with Gasteiger partial charge in [-0.2, -0.15) is 0 Å². The topological polar surface area (TPSA) is 16.1 Å². The molecule has 9 rings (SSSR count). The van der Waals surface area contributed by atoms with Gasteiger partial charge in [0.15, 0.2) is 0 Å². The molecule has 3 heteroatoms. The van der Waals surface area contributed by atoms with Crippen molar-refractivity contribution in [2.45, 2.75) is 0 Å². The van der Waals surface area contributed by atoms with E-state index in [-0.39, 0.29) is 0 Å². The van der Waals surface area contributed by atoms with Crippen LogP contribution in [0.2, 0.25) is 0 Å². The second kappa shape index (κ2) is 13.0. The summed E-state index contributed by atoms with van der Waals surface area (Å²) in [6, 6.07) is 69.1. The van der Waals surface area contributed by atoms with Crippen molar-refractivity contribution in [1.82, 2.24) is 4.98 Å². The molecule has 2 nitrogen and oxygen atoms in total. The highest BCUT2D eigenvalue weighted by molar-refractivity contribution is 7.22. The van der Waals surface area contributed by atoms with Gasteiger partial charge in [0, 0.05) is 33.8 Å². The lowest BCUT2D eigenvalue weighted by Gasteiger charge is -2.26. The highest BCUT2D eigenvalue weighted by atomic mass is 32.1. The van der Waals surface area contributed by atoms with Crippen molar-refractivity contribution in [2.75, 3.05) is 4.90 Å². The molecule has 0 radical (unpaired) electrons. The molecule has 1 aromatic heterocycles. The van der Waals surface area contributed by atoms with E-state index in [0.29, 0.717) is 0 Å². The minimum Gasteiger partial charge on any atom is -0.311 e. The third-order valence-corrected chi connectivity index (χ3v) is 10.5. The zero-order valence-electron chi connectivity index (χ0n) is 27.3. The van der Waals surface area contributed by atoms with Gasteiger partial charge in [-0.25, -0.2) is 4.98 Å². The third-order valence-electron chi connectivity index (χ3n) is 9.33. The van der Waals surface area contributed by atoms with Gasteiger partial charge in [-0.1, -0.05) is 158 Å². The molecule has 0 atom stereocenters. The van der Waals surface area contributed by atoms with Crippen LogP contribution in [0.25, 0.3) is 64.9 Å². The second-order valence-electron chi connectivity index (χ2n) is 12.4. The quantitative estimate of drug-likeness (QED) is 0.170. The molecule has 0 fully saturated rings. The summed E-state index contributed by atoms with van der Waals surface area (Å²) < 4.78 is 1.20.